The highest BCUT2D eigenvalue weighted by Gasteiger charge is 2.21. The van der Waals surface area contributed by atoms with E-state index in [0.29, 0.717) is 58.7 Å². The third-order valence-corrected chi connectivity index (χ3v) is 7.51. The number of aryl methyl sites for hydroxylation is 2. The molecule has 2 heterocycles. The monoisotopic (exact) mass is 610 g/mol. The average Bonchev–Trinajstić information content (AvgIpc) is 3.63. The van der Waals surface area contributed by atoms with E-state index >= 15 is 0 Å². The van der Waals surface area contributed by atoms with Crippen LogP contribution in [0.5, 0.6) is 17.2 Å². The molecule has 0 saturated heterocycles. The largest absolute Gasteiger partial charge is 0.490 e. The van der Waals surface area contributed by atoms with Gasteiger partial charge in [-0.1, -0.05) is 23.9 Å². The third-order valence-electron chi connectivity index (χ3n) is 5.90. The van der Waals surface area contributed by atoms with Crippen LogP contribution in [0.15, 0.2) is 47.1 Å². The van der Waals surface area contributed by atoms with E-state index in [0.717, 1.165) is 16.8 Å². The topological polar surface area (TPSA) is 129 Å². The zero-order valence-electron chi connectivity index (χ0n) is 24.2. The Balaban J connectivity index is 1.59. The lowest BCUT2D eigenvalue weighted by Gasteiger charge is -2.17. The van der Waals surface area contributed by atoms with Gasteiger partial charge in [-0.3, -0.25) is 14.2 Å². The van der Waals surface area contributed by atoms with Crippen LogP contribution in [0.3, 0.4) is 0 Å². The van der Waals surface area contributed by atoms with Gasteiger partial charge in [0.15, 0.2) is 27.6 Å². The molecule has 0 atom stereocenters. The molecule has 13 heteroatoms. The van der Waals surface area contributed by atoms with Gasteiger partial charge in [0.25, 0.3) is 5.91 Å². The number of nitrogens with one attached hydrogen (secondary N) is 2. The Labute approximate surface area is 253 Å². The molecule has 0 aliphatic heterocycles. The van der Waals surface area contributed by atoms with Crippen LogP contribution in [0, 0.1) is 13.8 Å². The predicted octanol–water partition coefficient (Wildman–Crippen LogP) is 5.20. The lowest BCUT2D eigenvalue weighted by molar-refractivity contribution is -0.113. The van der Waals surface area contributed by atoms with Crippen molar-refractivity contribution in [3.05, 3.63) is 64.4 Å². The molecular formula is C29H34N6O5S2. The first kappa shape index (κ1) is 30.8. The van der Waals surface area contributed by atoms with Gasteiger partial charge in [-0.25, -0.2) is 4.98 Å². The number of amides is 2. The van der Waals surface area contributed by atoms with Crippen molar-refractivity contribution in [1.82, 2.24) is 25.1 Å². The number of rotatable bonds is 14. The molecule has 0 saturated carbocycles. The van der Waals surface area contributed by atoms with Gasteiger partial charge in [-0.05, 0) is 63.9 Å². The highest BCUT2D eigenvalue weighted by atomic mass is 32.2. The number of ether oxygens (including phenoxy) is 3. The molecule has 0 aliphatic carbocycles. The summed E-state index contributed by atoms with van der Waals surface area (Å²) in [6.45, 7) is 10.9. The van der Waals surface area contributed by atoms with Gasteiger partial charge in [0, 0.05) is 17.1 Å². The van der Waals surface area contributed by atoms with E-state index in [1.54, 1.807) is 23.7 Å². The second-order valence-electron chi connectivity index (χ2n) is 8.98. The summed E-state index contributed by atoms with van der Waals surface area (Å²) in [5.41, 5.74) is 3.27. The molecule has 0 spiro atoms. The summed E-state index contributed by atoms with van der Waals surface area (Å²) in [6, 6.07) is 9.35. The van der Waals surface area contributed by atoms with Crippen molar-refractivity contribution in [3.8, 4) is 22.9 Å². The van der Waals surface area contributed by atoms with Gasteiger partial charge in [0.1, 0.15) is 0 Å². The molecule has 2 N–H and O–H groups in total. The molecule has 2 aromatic heterocycles. The Hall–Kier alpha value is -4.10. The van der Waals surface area contributed by atoms with Crippen LogP contribution in [-0.4, -0.2) is 57.1 Å². The van der Waals surface area contributed by atoms with E-state index in [9.17, 15) is 9.59 Å². The van der Waals surface area contributed by atoms with Crippen LogP contribution < -0.4 is 24.8 Å². The van der Waals surface area contributed by atoms with Crippen molar-refractivity contribution in [2.45, 2.75) is 46.3 Å². The number of nitrogens with zero attached hydrogens (tertiary/aromatic N) is 4. The van der Waals surface area contributed by atoms with Crippen molar-refractivity contribution in [1.29, 1.82) is 0 Å². The second-order valence-corrected chi connectivity index (χ2v) is 10.8. The molecule has 0 bridgehead atoms. The summed E-state index contributed by atoms with van der Waals surface area (Å²) < 4.78 is 19.2. The van der Waals surface area contributed by atoms with Gasteiger partial charge in [-0.2, -0.15) is 0 Å². The highest BCUT2D eigenvalue weighted by molar-refractivity contribution is 7.99. The maximum atomic E-state index is 13.4. The Bertz CT molecular complexity index is 1500. The molecule has 2 aromatic carbocycles. The van der Waals surface area contributed by atoms with Crippen molar-refractivity contribution < 1.29 is 23.8 Å². The van der Waals surface area contributed by atoms with Gasteiger partial charge < -0.3 is 24.8 Å². The first-order chi connectivity index (χ1) is 20.3. The van der Waals surface area contributed by atoms with E-state index < -0.39 is 0 Å². The number of carbonyl (C=O) groups excluding carboxylic acids is 2. The molecule has 42 heavy (non-hydrogen) atoms. The van der Waals surface area contributed by atoms with Crippen LogP contribution in [0.1, 0.15) is 48.1 Å². The fourth-order valence-corrected chi connectivity index (χ4v) is 5.37. The van der Waals surface area contributed by atoms with Crippen LogP contribution in [0.2, 0.25) is 0 Å². The highest BCUT2D eigenvalue weighted by Crippen LogP contribution is 2.39. The smallest absolute Gasteiger partial charge is 0.251 e. The maximum absolute atomic E-state index is 13.4. The lowest BCUT2D eigenvalue weighted by Crippen LogP contribution is -2.25. The number of benzene rings is 2. The quantitative estimate of drug-likeness (QED) is 0.185. The standard InChI is InChI=1S/C29H34N6O5S2/c1-6-38-22-14-20(15-23(39-7-2)26(22)40-8-3)27(37)31-16-24-33-34-29(35(24)21-13-18(4)9-10-19(21)5)42-17-25(36)32-28-30-11-12-41-28/h9-15H,6-8,16-17H2,1-5H3,(H,31,37)(H,30,32,36). The number of hydrogen-bond acceptors (Lipinski definition) is 10. The molecule has 0 unspecified atom stereocenters. The van der Waals surface area contributed by atoms with E-state index in [4.69, 9.17) is 14.2 Å². The van der Waals surface area contributed by atoms with Gasteiger partial charge in [-0.15, -0.1) is 21.5 Å². The second kappa shape index (κ2) is 14.7. The summed E-state index contributed by atoms with van der Waals surface area (Å²) in [5, 5.41) is 17.3. The summed E-state index contributed by atoms with van der Waals surface area (Å²) in [4.78, 5) is 30.0. The Morgan fingerprint density at radius 2 is 1.69 bits per heavy atom. The van der Waals surface area contributed by atoms with Crippen LogP contribution in [0.25, 0.3) is 5.69 Å². The van der Waals surface area contributed by atoms with Crippen LogP contribution in [-0.2, 0) is 11.3 Å². The summed E-state index contributed by atoms with van der Waals surface area (Å²) in [7, 11) is 0. The molecule has 4 rings (SSSR count). The summed E-state index contributed by atoms with van der Waals surface area (Å²) in [6.07, 6.45) is 1.63. The molecular weight excluding hydrogens is 576 g/mol. The fraction of sp³-hybridized carbons (Fsp3) is 0.345. The predicted molar refractivity (Wildman–Crippen MR) is 163 cm³/mol. The number of aromatic nitrogens is 4. The van der Waals surface area contributed by atoms with E-state index in [1.165, 1.54) is 23.1 Å². The van der Waals surface area contributed by atoms with Crippen molar-refractivity contribution in [3.63, 3.8) is 0 Å². The minimum absolute atomic E-state index is 0.0895. The van der Waals surface area contributed by atoms with Crippen LogP contribution >= 0.6 is 23.1 Å². The molecule has 11 nitrogen and oxygen atoms in total. The average molecular weight is 611 g/mol. The van der Waals surface area contributed by atoms with Crippen molar-refractivity contribution >= 4 is 40.0 Å². The summed E-state index contributed by atoms with van der Waals surface area (Å²) in [5.74, 6) is 1.42. The Morgan fingerprint density at radius 3 is 2.33 bits per heavy atom. The Kier molecular flexibility index (Phi) is 10.8. The third kappa shape index (κ3) is 7.59. The van der Waals surface area contributed by atoms with Gasteiger partial charge >= 0.3 is 0 Å². The molecule has 2 amide bonds. The van der Waals surface area contributed by atoms with E-state index in [-0.39, 0.29) is 24.1 Å². The normalized spacial score (nSPS) is 10.8. The maximum Gasteiger partial charge on any atom is 0.251 e. The minimum atomic E-state index is -0.340. The van der Waals surface area contributed by atoms with Crippen molar-refractivity contribution in [2.24, 2.45) is 0 Å². The lowest BCUT2D eigenvalue weighted by atomic mass is 10.1. The zero-order valence-corrected chi connectivity index (χ0v) is 25.9. The molecule has 0 fully saturated rings. The number of thiazole rings is 1. The number of carbonyl (C=O) groups is 2. The first-order valence-corrected chi connectivity index (χ1v) is 15.4. The summed E-state index contributed by atoms with van der Waals surface area (Å²) >= 11 is 2.60. The molecule has 222 valence electrons. The fourth-order valence-electron chi connectivity index (χ4n) is 4.06. The van der Waals surface area contributed by atoms with E-state index in [1.807, 2.05) is 57.4 Å². The Morgan fingerprint density at radius 1 is 0.976 bits per heavy atom. The zero-order chi connectivity index (χ0) is 30.1. The van der Waals surface area contributed by atoms with Gasteiger partial charge in [0.05, 0.1) is 37.8 Å². The van der Waals surface area contributed by atoms with Crippen molar-refractivity contribution in [2.75, 3.05) is 30.9 Å². The minimum Gasteiger partial charge on any atom is -0.490 e. The molecule has 0 aliphatic rings. The number of anilines is 1. The molecule has 4 aromatic rings. The number of hydrogen-bond donors (Lipinski definition) is 2. The number of thioether (sulfide) groups is 1. The SMILES string of the molecule is CCOc1cc(C(=O)NCc2nnc(SCC(=O)Nc3nccs3)n2-c2cc(C)ccc2C)cc(OCC)c1OCC. The van der Waals surface area contributed by atoms with Crippen LogP contribution in [0.4, 0.5) is 5.13 Å². The first-order valence-electron chi connectivity index (χ1n) is 13.5. The van der Waals surface area contributed by atoms with Gasteiger partial charge in [0.2, 0.25) is 11.7 Å². The molecule has 0 radical (unpaired) electrons. The van der Waals surface area contributed by atoms with E-state index in [2.05, 4.69) is 25.8 Å².